The Hall–Kier alpha value is -1.45. The van der Waals surface area contributed by atoms with Gasteiger partial charge in [-0.2, -0.15) is 0 Å². The maximum atomic E-state index is 13.9. The van der Waals surface area contributed by atoms with Gasteiger partial charge >= 0.3 is 0 Å². The normalized spacial score (nSPS) is 12.4. The zero-order chi connectivity index (χ0) is 14.5. The molecule has 0 saturated heterocycles. The molecule has 106 valence electrons. The van der Waals surface area contributed by atoms with Crippen LogP contribution in [-0.4, -0.2) is 6.54 Å². The van der Waals surface area contributed by atoms with Gasteiger partial charge in [-0.1, -0.05) is 42.8 Å². The smallest absolute Gasteiger partial charge is 0.127 e. The van der Waals surface area contributed by atoms with Crippen LogP contribution in [0, 0.1) is 11.6 Å². The number of benzene rings is 2. The Morgan fingerprint density at radius 1 is 1.10 bits per heavy atom. The third-order valence-corrected chi connectivity index (χ3v) is 3.41. The average molecular weight is 296 g/mol. The first-order valence-electron chi connectivity index (χ1n) is 6.53. The van der Waals surface area contributed by atoms with E-state index < -0.39 is 0 Å². The molecule has 0 saturated carbocycles. The first-order valence-corrected chi connectivity index (χ1v) is 6.91. The van der Waals surface area contributed by atoms with Gasteiger partial charge in [-0.3, -0.25) is 0 Å². The van der Waals surface area contributed by atoms with Crippen molar-refractivity contribution in [3.05, 3.63) is 70.2 Å². The summed E-state index contributed by atoms with van der Waals surface area (Å²) in [6, 6.07) is 10.9. The van der Waals surface area contributed by atoms with Crippen LogP contribution in [0.25, 0.3) is 0 Å². The standard InChI is InChI=1S/C16H16ClF2N/c1-2-20-16(13-5-3-4-6-14(13)18)9-11-7-8-12(17)10-15(11)19/h3-8,10,16,20H,2,9H2,1H3. The lowest BCUT2D eigenvalue weighted by atomic mass is 9.98. The number of rotatable bonds is 5. The molecule has 20 heavy (non-hydrogen) atoms. The minimum Gasteiger partial charge on any atom is -0.310 e. The quantitative estimate of drug-likeness (QED) is 0.855. The molecule has 0 aromatic heterocycles. The summed E-state index contributed by atoms with van der Waals surface area (Å²) < 4.78 is 27.7. The molecule has 0 bridgehead atoms. The summed E-state index contributed by atoms with van der Waals surface area (Å²) in [4.78, 5) is 0. The highest BCUT2D eigenvalue weighted by Gasteiger charge is 2.17. The summed E-state index contributed by atoms with van der Waals surface area (Å²) in [7, 11) is 0. The van der Waals surface area contributed by atoms with E-state index in [2.05, 4.69) is 5.32 Å². The molecular formula is C16H16ClF2N. The van der Waals surface area contributed by atoms with Crippen molar-refractivity contribution in [2.24, 2.45) is 0 Å². The molecule has 2 aromatic rings. The van der Waals surface area contributed by atoms with Crippen LogP contribution < -0.4 is 5.32 Å². The maximum Gasteiger partial charge on any atom is 0.127 e. The van der Waals surface area contributed by atoms with Crippen molar-refractivity contribution in [3.63, 3.8) is 0 Å². The third kappa shape index (κ3) is 3.56. The third-order valence-electron chi connectivity index (χ3n) is 3.17. The van der Waals surface area contributed by atoms with Gasteiger partial charge in [0, 0.05) is 16.6 Å². The van der Waals surface area contributed by atoms with Crippen molar-refractivity contribution < 1.29 is 8.78 Å². The Balaban J connectivity index is 2.28. The van der Waals surface area contributed by atoms with Crippen LogP contribution >= 0.6 is 11.6 Å². The number of nitrogens with one attached hydrogen (secondary N) is 1. The lowest BCUT2D eigenvalue weighted by molar-refractivity contribution is 0.498. The van der Waals surface area contributed by atoms with E-state index in [0.29, 0.717) is 29.1 Å². The fraction of sp³-hybridized carbons (Fsp3) is 0.250. The van der Waals surface area contributed by atoms with Crippen LogP contribution in [0.4, 0.5) is 8.78 Å². The van der Waals surface area contributed by atoms with Crippen LogP contribution in [0.5, 0.6) is 0 Å². The highest BCUT2D eigenvalue weighted by molar-refractivity contribution is 6.30. The molecule has 2 aromatic carbocycles. The molecule has 0 amide bonds. The largest absolute Gasteiger partial charge is 0.310 e. The summed E-state index contributed by atoms with van der Waals surface area (Å²) in [5.74, 6) is -0.649. The molecular weight excluding hydrogens is 280 g/mol. The van der Waals surface area contributed by atoms with Crippen molar-refractivity contribution >= 4 is 11.6 Å². The van der Waals surface area contributed by atoms with E-state index in [4.69, 9.17) is 11.6 Å². The molecule has 1 unspecified atom stereocenters. The molecule has 2 rings (SSSR count). The molecule has 0 spiro atoms. The van der Waals surface area contributed by atoms with Crippen molar-refractivity contribution in [2.45, 2.75) is 19.4 Å². The topological polar surface area (TPSA) is 12.0 Å². The second kappa shape index (κ2) is 6.82. The molecule has 0 heterocycles. The van der Waals surface area contributed by atoms with Crippen molar-refractivity contribution in [1.29, 1.82) is 0 Å². The van der Waals surface area contributed by atoms with Crippen LogP contribution in [0.2, 0.25) is 5.02 Å². The Bertz CT molecular complexity index is 586. The Morgan fingerprint density at radius 3 is 2.50 bits per heavy atom. The van der Waals surface area contributed by atoms with E-state index in [1.54, 1.807) is 30.3 Å². The molecule has 0 aliphatic heterocycles. The molecule has 1 atom stereocenters. The second-order valence-corrected chi connectivity index (χ2v) is 5.01. The zero-order valence-corrected chi connectivity index (χ0v) is 11.9. The number of likely N-dealkylation sites (N-methyl/N-ethyl adjacent to an activating group) is 1. The predicted molar refractivity (Wildman–Crippen MR) is 77.9 cm³/mol. The first-order chi connectivity index (χ1) is 9.61. The Labute approximate surface area is 122 Å². The molecule has 0 aliphatic rings. The van der Waals surface area contributed by atoms with Gasteiger partial charge in [0.05, 0.1) is 0 Å². The van der Waals surface area contributed by atoms with E-state index in [0.717, 1.165) is 0 Å². The summed E-state index contributed by atoms with van der Waals surface area (Å²) in [5, 5.41) is 3.55. The maximum absolute atomic E-state index is 13.9. The van der Waals surface area contributed by atoms with Crippen molar-refractivity contribution in [3.8, 4) is 0 Å². The minimum atomic E-state index is -0.364. The van der Waals surface area contributed by atoms with Gasteiger partial charge in [0.1, 0.15) is 11.6 Å². The summed E-state index contributed by atoms with van der Waals surface area (Å²) >= 11 is 5.74. The van der Waals surface area contributed by atoms with Crippen LogP contribution in [-0.2, 0) is 6.42 Å². The summed E-state index contributed by atoms with van der Waals surface area (Å²) in [6.45, 7) is 2.61. The van der Waals surface area contributed by atoms with E-state index in [1.807, 2.05) is 6.92 Å². The summed E-state index contributed by atoms with van der Waals surface area (Å²) in [6.07, 6.45) is 0.373. The van der Waals surface area contributed by atoms with Gasteiger partial charge in [-0.25, -0.2) is 8.78 Å². The van der Waals surface area contributed by atoms with Crippen LogP contribution in [0.1, 0.15) is 24.1 Å². The molecule has 1 nitrogen and oxygen atoms in total. The van der Waals surface area contributed by atoms with Gasteiger partial charge in [-0.15, -0.1) is 0 Å². The van der Waals surface area contributed by atoms with E-state index in [1.165, 1.54) is 12.1 Å². The lowest BCUT2D eigenvalue weighted by Crippen LogP contribution is -2.24. The summed E-state index contributed by atoms with van der Waals surface area (Å²) in [5.41, 5.74) is 1.06. The Morgan fingerprint density at radius 2 is 1.85 bits per heavy atom. The number of hydrogen-bond donors (Lipinski definition) is 1. The molecule has 0 aliphatic carbocycles. The molecule has 0 fully saturated rings. The van der Waals surface area contributed by atoms with Crippen molar-refractivity contribution in [1.82, 2.24) is 5.32 Å². The second-order valence-electron chi connectivity index (χ2n) is 4.57. The number of halogens is 3. The highest BCUT2D eigenvalue weighted by Crippen LogP contribution is 2.24. The lowest BCUT2D eigenvalue weighted by Gasteiger charge is -2.19. The van der Waals surface area contributed by atoms with Gasteiger partial charge in [0.25, 0.3) is 0 Å². The van der Waals surface area contributed by atoms with Gasteiger partial charge in [0.15, 0.2) is 0 Å². The fourth-order valence-electron chi connectivity index (χ4n) is 2.20. The Kier molecular flexibility index (Phi) is 5.10. The SMILES string of the molecule is CCNC(Cc1ccc(Cl)cc1F)c1ccccc1F. The van der Waals surface area contributed by atoms with E-state index >= 15 is 0 Å². The van der Waals surface area contributed by atoms with E-state index in [9.17, 15) is 8.78 Å². The number of hydrogen-bond acceptors (Lipinski definition) is 1. The van der Waals surface area contributed by atoms with Crippen LogP contribution in [0.3, 0.4) is 0 Å². The van der Waals surface area contributed by atoms with Crippen molar-refractivity contribution in [2.75, 3.05) is 6.54 Å². The average Bonchev–Trinajstić information content (AvgIpc) is 2.42. The van der Waals surface area contributed by atoms with Crippen LogP contribution in [0.15, 0.2) is 42.5 Å². The molecule has 0 radical (unpaired) electrons. The van der Waals surface area contributed by atoms with E-state index in [-0.39, 0.29) is 17.7 Å². The highest BCUT2D eigenvalue weighted by atomic mass is 35.5. The minimum absolute atomic E-state index is 0.267. The zero-order valence-electron chi connectivity index (χ0n) is 11.2. The molecule has 1 N–H and O–H groups in total. The predicted octanol–water partition coefficient (Wildman–Crippen LogP) is 4.51. The van der Waals surface area contributed by atoms with Gasteiger partial charge in [0.2, 0.25) is 0 Å². The fourth-order valence-corrected chi connectivity index (χ4v) is 2.36. The molecule has 4 heteroatoms. The first kappa shape index (κ1) is 14.9. The monoisotopic (exact) mass is 295 g/mol. The van der Waals surface area contributed by atoms with Gasteiger partial charge in [-0.05, 0) is 36.7 Å². The van der Waals surface area contributed by atoms with Gasteiger partial charge < -0.3 is 5.32 Å².